The first-order valence-electron chi connectivity index (χ1n) is 8.50. The van der Waals surface area contributed by atoms with E-state index < -0.39 is 31.7 Å². The number of aromatic nitrogens is 2. The third-order valence-electron chi connectivity index (χ3n) is 4.16. The third-order valence-corrected chi connectivity index (χ3v) is 6.19. The van der Waals surface area contributed by atoms with Gasteiger partial charge in [0.2, 0.25) is 0 Å². The number of carbonyl (C=O) groups excluding carboxylic acids is 1. The predicted molar refractivity (Wildman–Crippen MR) is 105 cm³/mol. The van der Waals surface area contributed by atoms with Crippen LogP contribution in [0.4, 0.5) is 10.2 Å². The molecule has 0 saturated carbocycles. The van der Waals surface area contributed by atoms with Crippen LogP contribution in [0.15, 0.2) is 47.4 Å². The Bertz CT molecular complexity index is 869. The number of hydrogen-bond acceptors (Lipinski definition) is 7. The Morgan fingerprint density at radius 2 is 2.11 bits per heavy atom. The van der Waals surface area contributed by atoms with Crippen LogP contribution in [0.5, 0.6) is 0 Å². The molecule has 2 aromatic rings. The van der Waals surface area contributed by atoms with Gasteiger partial charge in [0.15, 0.2) is 0 Å². The summed E-state index contributed by atoms with van der Waals surface area (Å²) in [5.74, 6) is -0.297. The molecular formula is C17H19FN3O5PS. The fraction of sp³-hybridized carbons (Fsp3) is 0.353. The van der Waals surface area contributed by atoms with Gasteiger partial charge in [0.1, 0.15) is 17.4 Å². The Morgan fingerprint density at radius 1 is 1.36 bits per heavy atom. The van der Waals surface area contributed by atoms with Gasteiger partial charge in [-0.2, -0.15) is 4.98 Å². The van der Waals surface area contributed by atoms with Crippen molar-refractivity contribution in [2.75, 3.05) is 11.9 Å². The molecule has 3 rings (SSSR count). The summed E-state index contributed by atoms with van der Waals surface area (Å²) in [6.07, 6.45) is 0.838. The largest absolute Gasteiger partial charge is 0.350 e. The molecule has 0 bridgehead atoms. The Hall–Kier alpha value is -1.84. The molecule has 0 radical (unpaired) electrons. The molecule has 8 nitrogen and oxygen atoms in total. The van der Waals surface area contributed by atoms with Crippen LogP contribution in [-0.2, 0) is 4.52 Å². The summed E-state index contributed by atoms with van der Waals surface area (Å²) in [5.41, 5.74) is -0.222. The maximum atomic E-state index is 14.4. The van der Waals surface area contributed by atoms with Crippen LogP contribution in [-0.4, -0.2) is 43.3 Å². The van der Waals surface area contributed by atoms with E-state index in [2.05, 4.69) is 10.3 Å². The van der Waals surface area contributed by atoms with Crippen molar-refractivity contribution in [2.24, 2.45) is 0 Å². The number of thioether (sulfide) groups is 1. The van der Waals surface area contributed by atoms with Gasteiger partial charge in [-0.25, -0.2) is 9.18 Å². The van der Waals surface area contributed by atoms with Gasteiger partial charge in [-0.3, -0.25) is 9.36 Å². The minimum atomic E-state index is -2.42. The fourth-order valence-corrected chi connectivity index (χ4v) is 4.61. The summed E-state index contributed by atoms with van der Waals surface area (Å²) >= 11 is 1.28. The normalized spacial score (nSPS) is 21.8. The van der Waals surface area contributed by atoms with Crippen molar-refractivity contribution in [1.82, 2.24) is 9.55 Å². The highest BCUT2D eigenvalue weighted by Gasteiger charge is 2.37. The number of halogens is 1. The molecule has 0 aliphatic carbocycles. The Kier molecular flexibility index (Phi) is 7.14. The first-order valence-corrected chi connectivity index (χ1v) is 10.6. The highest BCUT2D eigenvalue weighted by atomic mass is 32.2. The molecule has 150 valence electrons. The van der Waals surface area contributed by atoms with Crippen LogP contribution in [0, 0.1) is 0 Å². The Balaban J connectivity index is 1.64. The van der Waals surface area contributed by atoms with Crippen LogP contribution in [0.3, 0.4) is 0 Å². The van der Waals surface area contributed by atoms with E-state index in [1.807, 2.05) is 0 Å². The molecule has 3 atom stereocenters. The summed E-state index contributed by atoms with van der Waals surface area (Å²) in [6, 6.07) is 9.97. The minimum absolute atomic E-state index is 0.0951. The van der Waals surface area contributed by atoms with Crippen LogP contribution in [0.25, 0.3) is 0 Å². The summed E-state index contributed by atoms with van der Waals surface area (Å²) in [4.78, 5) is 45.8. The SMILES string of the molecule is O=C(Nc1ccn(C2SC(CCOP(O)O)CC2F)c(=O)n1)c1ccccc1. The lowest BCUT2D eigenvalue weighted by Crippen LogP contribution is -2.29. The van der Waals surface area contributed by atoms with Crippen molar-refractivity contribution in [2.45, 2.75) is 29.6 Å². The standard InChI is InChI=1S/C17H19FN3O5PS/c18-13-10-12(7-9-26-27(24)25)28-16(13)21-8-6-14(20-17(21)23)19-15(22)11-4-2-1-3-5-11/h1-6,8,12-13,16,24-25H,7,9-10H2,(H,19,20,22,23). The minimum Gasteiger partial charge on any atom is -0.328 e. The van der Waals surface area contributed by atoms with Crippen molar-refractivity contribution in [3.05, 3.63) is 58.6 Å². The molecule has 3 unspecified atom stereocenters. The zero-order valence-corrected chi connectivity index (χ0v) is 16.4. The quantitative estimate of drug-likeness (QED) is 0.582. The van der Waals surface area contributed by atoms with Crippen LogP contribution in [0.1, 0.15) is 28.6 Å². The number of hydrogen-bond donors (Lipinski definition) is 3. The summed E-state index contributed by atoms with van der Waals surface area (Å²) in [7, 11) is -2.42. The number of benzene rings is 1. The lowest BCUT2D eigenvalue weighted by atomic mass is 10.2. The van der Waals surface area contributed by atoms with Gasteiger partial charge in [0.25, 0.3) is 5.91 Å². The molecule has 1 saturated heterocycles. The van der Waals surface area contributed by atoms with Gasteiger partial charge in [-0.05, 0) is 31.0 Å². The molecule has 1 aromatic carbocycles. The average Bonchev–Trinajstić information content (AvgIpc) is 3.02. The number of anilines is 1. The second kappa shape index (κ2) is 9.58. The van der Waals surface area contributed by atoms with Gasteiger partial charge in [0.05, 0.1) is 6.61 Å². The molecule has 1 aliphatic rings. The third kappa shape index (κ3) is 5.36. The fourth-order valence-electron chi connectivity index (χ4n) is 2.85. The van der Waals surface area contributed by atoms with E-state index in [1.165, 1.54) is 28.6 Å². The molecule has 2 heterocycles. The van der Waals surface area contributed by atoms with Crippen LogP contribution < -0.4 is 11.0 Å². The van der Waals surface area contributed by atoms with Crippen molar-refractivity contribution in [3.8, 4) is 0 Å². The second-order valence-corrected chi connectivity index (χ2v) is 8.28. The molecule has 3 N–H and O–H groups in total. The zero-order chi connectivity index (χ0) is 20.1. The van der Waals surface area contributed by atoms with Crippen molar-refractivity contribution in [3.63, 3.8) is 0 Å². The summed E-state index contributed by atoms with van der Waals surface area (Å²) in [5, 5.41) is 1.71. The Labute approximate surface area is 165 Å². The van der Waals surface area contributed by atoms with E-state index in [4.69, 9.17) is 14.3 Å². The van der Waals surface area contributed by atoms with E-state index in [0.717, 1.165) is 0 Å². The average molecular weight is 427 g/mol. The number of nitrogens with zero attached hydrogens (tertiary/aromatic N) is 2. The molecule has 11 heteroatoms. The maximum absolute atomic E-state index is 14.4. The number of amides is 1. The zero-order valence-electron chi connectivity index (χ0n) is 14.6. The molecule has 1 fully saturated rings. The molecule has 0 spiro atoms. The monoisotopic (exact) mass is 427 g/mol. The lowest BCUT2D eigenvalue weighted by molar-refractivity contribution is 0.102. The van der Waals surface area contributed by atoms with Crippen molar-refractivity contribution in [1.29, 1.82) is 0 Å². The van der Waals surface area contributed by atoms with E-state index in [9.17, 15) is 14.0 Å². The van der Waals surface area contributed by atoms with Gasteiger partial charge in [-0.15, -0.1) is 11.8 Å². The maximum Gasteiger partial charge on any atom is 0.350 e. The van der Waals surface area contributed by atoms with Gasteiger partial charge >= 0.3 is 14.3 Å². The first kappa shape index (κ1) is 20.9. The Morgan fingerprint density at radius 3 is 2.79 bits per heavy atom. The van der Waals surface area contributed by atoms with Gasteiger partial charge < -0.3 is 19.6 Å². The van der Waals surface area contributed by atoms with Crippen molar-refractivity contribution >= 4 is 32.1 Å². The van der Waals surface area contributed by atoms with Crippen LogP contribution in [0.2, 0.25) is 0 Å². The topological polar surface area (TPSA) is 114 Å². The number of nitrogens with one attached hydrogen (secondary N) is 1. The number of alkyl halides is 1. The smallest absolute Gasteiger partial charge is 0.328 e. The van der Waals surface area contributed by atoms with Gasteiger partial charge in [0, 0.05) is 17.0 Å². The first-order chi connectivity index (χ1) is 13.4. The van der Waals surface area contributed by atoms with E-state index in [-0.39, 0.29) is 24.1 Å². The van der Waals surface area contributed by atoms with E-state index >= 15 is 0 Å². The van der Waals surface area contributed by atoms with Crippen LogP contribution >= 0.6 is 20.4 Å². The lowest BCUT2D eigenvalue weighted by Gasteiger charge is -2.16. The van der Waals surface area contributed by atoms with Gasteiger partial charge in [-0.1, -0.05) is 18.2 Å². The molecule has 1 amide bonds. The predicted octanol–water partition coefficient (Wildman–Crippen LogP) is 2.46. The highest BCUT2D eigenvalue weighted by Crippen LogP contribution is 2.44. The van der Waals surface area contributed by atoms with E-state index in [0.29, 0.717) is 12.0 Å². The number of carbonyl (C=O) groups is 1. The summed E-state index contributed by atoms with van der Waals surface area (Å²) < 4.78 is 20.3. The molecular weight excluding hydrogens is 408 g/mol. The summed E-state index contributed by atoms with van der Waals surface area (Å²) in [6.45, 7) is 0.105. The second-order valence-electron chi connectivity index (χ2n) is 6.10. The molecule has 28 heavy (non-hydrogen) atoms. The van der Waals surface area contributed by atoms with E-state index in [1.54, 1.807) is 30.3 Å². The van der Waals surface area contributed by atoms with Crippen molar-refractivity contribution < 1.29 is 23.5 Å². The highest BCUT2D eigenvalue weighted by molar-refractivity contribution is 8.00. The number of rotatable bonds is 7. The molecule has 1 aliphatic heterocycles. The molecule has 1 aromatic heterocycles.